The standard InChI is InChI=1S/C29H37N5O/c1-5-33(6-2)19-11-12-21(4)31-29(35)24-14-10-18-30-28(24)32-22-16-17-27-25(20-22)23-13-8-9-15-26(23)34(27)7-3/h8-10,13-18,20-21H,5-7,11-12,19H2,1-4H3,(H,30,32)(H,31,35). The van der Waals surface area contributed by atoms with Crippen LogP contribution >= 0.6 is 0 Å². The van der Waals surface area contributed by atoms with E-state index in [2.05, 4.69) is 95.2 Å². The minimum absolute atomic E-state index is 0.0976. The van der Waals surface area contributed by atoms with Gasteiger partial charge in [-0.3, -0.25) is 4.79 Å². The second kappa shape index (κ2) is 11.4. The number of hydrogen-bond acceptors (Lipinski definition) is 4. The van der Waals surface area contributed by atoms with Gasteiger partial charge in [-0.15, -0.1) is 0 Å². The fourth-order valence-corrected chi connectivity index (χ4v) is 4.83. The first kappa shape index (κ1) is 24.7. The molecule has 6 heteroatoms. The number of para-hydroxylation sites is 1. The van der Waals surface area contributed by atoms with Crippen molar-refractivity contribution in [2.45, 2.75) is 53.1 Å². The topological polar surface area (TPSA) is 62.2 Å². The average molecular weight is 472 g/mol. The summed E-state index contributed by atoms with van der Waals surface area (Å²) >= 11 is 0. The van der Waals surface area contributed by atoms with E-state index in [1.54, 1.807) is 6.20 Å². The highest BCUT2D eigenvalue weighted by Crippen LogP contribution is 2.32. The number of rotatable bonds is 11. The predicted octanol–water partition coefficient (Wildman–Crippen LogP) is 6.19. The molecule has 184 valence electrons. The third-order valence-corrected chi connectivity index (χ3v) is 6.79. The van der Waals surface area contributed by atoms with Crippen LogP contribution in [0.1, 0.15) is 50.9 Å². The third-order valence-electron chi connectivity index (χ3n) is 6.79. The summed E-state index contributed by atoms with van der Waals surface area (Å²) in [6.07, 6.45) is 3.73. The average Bonchev–Trinajstić information content (AvgIpc) is 3.20. The lowest BCUT2D eigenvalue weighted by molar-refractivity contribution is 0.0938. The maximum Gasteiger partial charge on any atom is 0.255 e. The van der Waals surface area contributed by atoms with Gasteiger partial charge in [0.05, 0.1) is 5.56 Å². The van der Waals surface area contributed by atoms with Crippen LogP contribution in [0.5, 0.6) is 0 Å². The van der Waals surface area contributed by atoms with E-state index in [1.807, 2.05) is 12.1 Å². The van der Waals surface area contributed by atoms with Gasteiger partial charge in [0.15, 0.2) is 0 Å². The summed E-state index contributed by atoms with van der Waals surface area (Å²) in [5.41, 5.74) is 3.91. The Hall–Kier alpha value is -3.38. The predicted molar refractivity (Wildman–Crippen MR) is 147 cm³/mol. The maximum absolute atomic E-state index is 13.1. The Kier molecular flexibility index (Phi) is 8.03. The van der Waals surface area contributed by atoms with Crippen LogP contribution in [0.2, 0.25) is 0 Å². The number of benzene rings is 2. The molecule has 2 heterocycles. The van der Waals surface area contributed by atoms with Crippen molar-refractivity contribution >= 4 is 39.2 Å². The van der Waals surface area contributed by atoms with Crippen LogP contribution < -0.4 is 10.6 Å². The largest absolute Gasteiger partial charge is 0.349 e. The number of nitrogens with one attached hydrogen (secondary N) is 2. The fraction of sp³-hybridized carbons (Fsp3) is 0.379. The van der Waals surface area contributed by atoms with Crippen LogP contribution in [0.25, 0.3) is 21.8 Å². The number of pyridine rings is 1. The van der Waals surface area contributed by atoms with Crippen LogP contribution in [-0.4, -0.2) is 46.0 Å². The summed E-state index contributed by atoms with van der Waals surface area (Å²) in [6.45, 7) is 12.7. The first-order valence-electron chi connectivity index (χ1n) is 12.8. The Morgan fingerprint density at radius 2 is 1.77 bits per heavy atom. The second-order valence-corrected chi connectivity index (χ2v) is 9.06. The molecule has 2 aromatic carbocycles. The van der Waals surface area contributed by atoms with Crippen molar-refractivity contribution in [2.75, 3.05) is 25.0 Å². The molecule has 6 nitrogen and oxygen atoms in total. The molecule has 2 aromatic heterocycles. The van der Waals surface area contributed by atoms with Gasteiger partial charge >= 0.3 is 0 Å². The van der Waals surface area contributed by atoms with E-state index in [4.69, 9.17) is 0 Å². The molecule has 0 saturated heterocycles. The number of aromatic nitrogens is 2. The van der Waals surface area contributed by atoms with E-state index in [-0.39, 0.29) is 11.9 Å². The van der Waals surface area contributed by atoms with E-state index >= 15 is 0 Å². The Morgan fingerprint density at radius 1 is 1.00 bits per heavy atom. The molecule has 0 aliphatic heterocycles. The molecule has 1 amide bonds. The highest BCUT2D eigenvalue weighted by atomic mass is 16.1. The van der Waals surface area contributed by atoms with Crippen LogP contribution in [0.4, 0.5) is 11.5 Å². The van der Waals surface area contributed by atoms with Crippen molar-refractivity contribution in [1.82, 2.24) is 19.8 Å². The minimum Gasteiger partial charge on any atom is -0.349 e. The third kappa shape index (κ3) is 5.49. The highest BCUT2D eigenvalue weighted by Gasteiger charge is 2.16. The van der Waals surface area contributed by atoms with Gasteiger partial charge in [0.1, 0.15) is 5.82 Å². The zero-order valence-electron chi connectivity index (χ0n) is 21.3. The Balaban J connectivity index is 1.50. The van der Waals surface area contributed by atoms with Crippen LogP contribution in [0, 0.1) is 0 Å². The van der Waals surface area contributed by atoms with Gasteiger partial charge in [0.2, 0.25) is 0 Å². The summed E-state index contributed by atoms with van der Waals surface area (Å²) in [5.74, 6) is 0.471. The number of carbonyl (C=O) groups excluding carboxylic acids is 1. The van der Waals surface area contributed by atoms with Crippen molar-refractivity contribution in [2.24, 2.45) is 0 Å². The molecule has 4 aromatic rings. The van der Waals surface area contributed by atoms with Gasteiger partial charge in [-0.2, -0.15) is 0 Å². The number of hydrogen-bond donors (Lipinski definition) is 2. The molecule has 0 bridgehead atoms. The van der Waals surface area contributed by atoms with E-state index in [0.717, 1.165) is 44.7 Å². The molecule has 0 spiro atoms. The molecule has 1 unspecified atom stereocenters. The normalized spacial score (nSPS) is 12.4. The lowest BCUT2D eigenvalue weighted by atomic mass is 10.1. The first-order valence-corrected chi connectivity index (χ1v) is 12.8. The molecule has 0 radical (unpaired) electrons. The fourth-order valence-electron chi connectivity index (χ4n) is 4.83. The molecule has 2 N–H and O–H groups in total. The first-order chi connectivity index (χ1) is 17.0. The summed E-state index contributed by atoms with van der Waals surface area (Å²) in [7, 11) is 0. The number of aryl methyl sites for hydroxylation is 1. The SMILES string of the molecule is CCN(CC)CCCC(C)NC(=O)c1cccnc1Nc1ccc2c(c1)c1ccccc1n2CC. The number of nitrogens with zero attached hydrogens (tertiary/aromatic N) is 3. The Bertz CT molecular complexity index is 1290. The van der Waals surface area contributed by atoms with Gasteiger partial charge in [0.25, 0.3) is 5.91 Å². The quantitative estimate of drug-likeness (QED) is 0.274. The van der Waals surface area contributed by atoms with Crippen LogP contribution in [0.15, 0.2) is 60.8 Å². The molecule has 0 aliphatic rings. The minimum atomic E-state index is -0.0976. The van der Waals surface area contributed by atoms with Gasteiger partial charge in [-0.05, 0) is 82.7 Å². The lowest BCUT2D eigenvalue weighted by Crippen LogP contribution is -2.34. The molecule has 4 rings (SSSR count). The zero-order chi connectivity index (χ0) is 24.8. The molecule has 0 saturated carbocycles. The molecular formula is C29H37N5O. The van der Waals surface area contributed by atoms with E-state index < -0.39 is 0 Å². The zero-order valence-corrected chi connectivity index (χ0v) is 21.3. The summed E-state index contributed by atoms with van der Waals surface area (Å²) in [4.78, 5) is 20.0. The maximum atomic E-state index is 13.1. The molecule has 1 atom stereocenters. The molecule has 0 aliphatic carbocycles. The number of carbonyl (C=O) groups is 1. The van der Waals surface area contributed by atoms with Crippen LogP contribution in [-0.2, 0) is 6.54 Å². The monoisotopic (exact) mass is 471 g/mol. The Morgan fingerprint density at radius 3 is 2.54 bits per heavy atom. The van der Waals surface area contributed by atoms with E-state index in [9.17, 15) is 4.79 Å². The summed E-state index contributed by atoms with van der Waals surface area (Å²) < 4.78 is 2.33. The molecule has 0 fully saturated rings. The highest BCUT2D eigenvalue weighted by molar-refractivity contribution is 6.09. The van der Waals surface area contributed by atoms with Gasteiger partial charge < -0.3 is 20.1 Å². The van der Waals surface area contributed by atoms with Gasteiger partial charge in [-0.25, -0.2) is 4.98 Å². The van der Waals surface area contributed by atoms with E-state index in [0.29, 0.717) is 11.4 Å². The molecular weight excluding hydrogens is 434 g/mol. The number of amides is 1. The Labute approximate surface area is 208 Å². The van der Waals surface area contributed by atoms with Crippen molar-refractivity contribution in [1.29, 1.82) is 0 Å². The van der Waals surface area contributed by atoms with Crippen molar-refractivity contribution < 1.29 is 4.79 Å². The van der Waals surface area contributed by atoms with E-state index in [1.165, 1.54) is 21.8 Å². The lowest BCUT2D eigenvalue weighted by Gasteiger charge is -2.20. The summed E-state index contributed by atoms with van der Waals surface area (Å²) in [6, 6.07) is 18.6. The van der Waals surface area contributed by atoms with Gasteiger partial charge in [0, 0.05) is 46.3 Å². The van der Waals surface area contributed by atoms with Crippen LogP contribution in [0.3, 0.4) is 0 Å². The molecule has 35 heavy (non-hydrogen) atoms. The number of fused-ring (bicyclic) bond motifs is 3. The summed E-state index contributed by atoms with van der Waals surface area (Å²) in [5, 5.41) is 8.97. The van der Waals surface area contributed by atoms with Gasteiger partial charge in [-0.1, -0.05) is 32.0 Å². The van der Waals surface area contributed by atoms with Crippen molar-refractivity contribution in [3.63, 3.8) is 0 Å². The number of anilines is 2. The van der Waals surface area contributed by atoms with Crippen molar-refractivity contribution in [3.05, 3.63) is 66.4 Å². The smallest absolute Gasteiger partial charge is 0.255 e. The second-order valence-electron chi connectivity index (χ2n) is 9.06. The van der Waals surface area contributed by atoms with Crippen molar-refractivity contribution in [3.8, 4) is 0 Å².